The van der Waals surface area contributed by atoms with Gasteiger partial charge in [-0.2, -0.15) is 18.3 Å². The first-order valence-corrected chi connectivity index (χ1v) is 9.03. The van der Waals surface area contributed by atoms with Gasteiger partial charge in [0.2, 0.25) is 0 Å². The molecule has 1 aromatic carbocycles. The van der Waals surface area contributed by atoms with Crippen molar-refractivity contribution >= 4 is 11.0 Å². The Hall–Kier alpha value is -2.68. The smallest absolute Gasteiger partial charge is 0.372 e. The number of benzene rings is 1. The van der Waals surface area contributed by atoms with Crippen molar-refractivity contribution in [3.8, 4) is 0 Å². The van der Waals surface area contributed by atoms with Crippen molar-refractivity contribution in [1.82, 2.24) is 19.7 Å². The van der Waals surface area contributed by atoms with Gasteiger partial charge >= 0.3 is 6.18 Å². The molecule has 0 saturated carbocycles. The fourth-order valence-electron chi connectivity index (χ4n) is 3.56. The van der Waals surface area contributed by atoms with Crippen LogP contribution < -0.4 is 5.56 Å². The molecule has 0 aliphatic carbocycles. The lowest BCUT2D eigenvalue weighted by Crippen LogP contribution is -2.13. The first-order valence-electron chi connectivity index (χ1n) is 9.03. The van der Waals surface area contributed by atoms with E-state index in [0.29, 0.717) is 34.7 Å². The maximum absolute atomic E-state index is 12.8. The van der Waals surface area contributed by atoms with Gasteiger partial charge in [-0.3, -0.25) is 4.79 Å². The molecule has 2 aromatic heterocycles. The largest absolute Gasteiger partial charge is 0.416 e. The van der Waals surface area contributed by atoms with Gasteiger partial charge < -0.3 is 9.72 Å². The molecule has 4 rings (SSSR count). The number of rotatable bonds is 3. The summed E-state index contributed by atoms with van der Waals surface area (Å²) in [5.74, 6) is 0.442. The summed E-state index contributed by atoms with van der Waals surface area (Å²) >= 11 is 0. The van der Waals surface area contributed by atoms with Gasteiger partial charge in [-0.25, -0.2) is 9.67 Å². The molecule has 0 amide bonds. The van der Waals surface area contributed by atoms with Crippen molar-refractivity contribution in [2.75, 3.05) is 6.61 Å². The highest BCUT2D eigenvalue weighted by molar-refractivity contribution is 5.78. The number of nitrogens with zero attached hydrogens (tertiary/aromatic N) is 3. The van der Waals surface area contributed by atoms with Gasteiger partial charge in [0, 0.05) is 6.61 Å². The molecule has 1 N–H and O–H groups in total. The van der Waals surface area contributed by atoms with Gasteiger partial charge in [0.15, 0.2) is 5.65 Å². The Kier molecular flexibility index (Phi) is 4.49. The minimum absolute atomic E-state index is 0.283. The molecule has 9 heteroatoms. The third-order valence-corrected chi connectivity index (χ3v) is 5.03. The van der Waals surface area contributed by atoms with Crippen LogP contribution in [0.25, 0.3) is 11.0 Å². The maximum Gasteiger partial charge on any atom is 0.416 e. The summed E-state index contributed by atoms with van der Waals surface area (Å²) in [5.41, 5.74) is 0.563. The van der Waals surface area contributed by atoms with Crippen LogP contribution >= 0.6 is 0 Å². The number of ether oxygens (including phenoxy) is 1. The van der Waals surface area contributed by atoms with Crippen LogP contribution in [0.5, 0.6) is 0 Å². The van der Waals surface area contributed by atoms with Crippen molar-refractivity contribution in [3.05, 3.63) is 57.3 Å². The van der Waals surface area contributed by atoms with Crippen LogP contribution in [0.1, 0.15) is 54.6 Å². The molecule has 6 nitrogen and oxygen atoms in total. The fraction of sp³-hybridized carbons (Fsp3) is 0.421. The fourth-order valence-corrected chi connectivity index (χ4v) is 3.56. The number of alkyl halides is 3. The zero-order chi connectivity index (χ0) is 20.1. The van der Waals surface area contributed by atoms with E-state index < -0.39 is 17.8 Å². The highest BCUT2D eigenvalue weighted by atomic mass is 19.4. The Balaban J connectivity index is 1.82. The molecule has 1 aliphatic heterocycles. The standard InChI is InChI=1S/C19H19F3N4O2/c1-10(12-5-7-13(8-6-12)19(20,21)22)26-17-15(18(27)24-11(2)23-17)16(25-26)14-4-3-9-28-14/h5-8,10,14H,3-4,9H2,1-2H3,(H,23,24,27)/t10-,14-/m0/s1. The molecular formula is C19H19F3N4O2. The van der Waals surface area contributed by atoms with E-state index >= 15 is 0 Å². The summed E-state index contributed by atoms with van der Waals surface area (Å²) in [4.78, 5) is 19.7. The maximum atomic E-state index is 12.8. The van der Waals surface area contributed by atoms with Crippen LogP contribution in [0, 0.1) is 6.92 Å². The zero-order valence-corrected chi connectivity index (χ0v) is 15.4. The second kappa shape index (κ2) is 6.73. The van der Waals surface area contributed by atoms with Gasteiger partial charge in [0.25, 0.3) is 5.56 Å². The molecule has 0 unspecified atom stereocenters. The lowest BCUT2D eigenvalue weighted by Gasteiger charge is -2.15. The molecule has 0 bridgehead atoms. The van der Waals surface area contributed by atoms with E-state index in [-0.39, 0.29) is 11.7 Å². The number of hydrogen-bond acceptors (Lipinski definition) is 4. The molecule has 1 saturated heterocycles. The van der Waals surface area contributed by atoms with E-state index in [1.165, 1.54) is 12.1 Å². The first-order chi connectivity index (χ1) is 13.3. The van der Waals surface area contributed by atoms with Crippen LogP contribution in [-0.4, -0.2) is 26.4 Å². The highest BCUT2D eigenvalue weighted by Gasteiger charge is 2.31. The molecular weight excluding hydrogens is 373 g/mol. The normalized spacial score (nSPS) is 18.7. The molecule has 28 heavy (non-hydrogen) atoms. The molecule has 3 aromatic rings. The second-order valence-electron chi connectivity index (χ2n) is 6.98. The summed E-state index contributed by atoms with van der Waals surface area (Å²) in [5, 5.41) is 4.98. The molecule has 0 radical (unpaired) electrons. The van der Waals surface area contributed by atoms with Crippen molar-refractivity contribution < 1.29 is 17.9 Å². The van der Waals surface area contributed by atoms with Crippen LogP contribution in [0.3, 0.4) is 0 Å². The lowest BCUT2D eigenvalue weighted by molar-refractivity contribution is -0.137. The number of hydrogen-bond donors (Lipinski definition) is 1. The lowest BCUT2D eigenvalue weighted by atomic mass is 10.1. The van der Waals surface area contributed by atoms with Crippen LogP contribution in [0.4, 0.5) is 13.2 Å². The number of halogens is 3. The Morgan fingerprint density at radius 2 is 2.00 bits per heavy atom. The monoisotopic (exact) mass is 392 g/mol. The topological polar surface area (TPSA) is 72.8 Å². The van der Waals surface area contributed by atoms with Crippen LogP contribution in [0.2, 0.25) is 0 Å². The summed E-state index contributed by atoms with van der Waals surface area (Å²) in [6.07, 6.45) is -3.04. The van der Waals surface area contributed by atoms with Crippen molar-refractivity contribution in [2.24, 2.45) is 0 Å². The Bertz CT molecular complexity index is 1060. The number of aryl methyl sites for hydroxylation is 1. The molecule has 1 aliphatic rings. The van der Waals surface area contributed by atoms with Crippen LogP contribution in [-0.2, 0) is 10.9 Å². The van der Waals surface area contributed by atoms with E-state index in [0.717, 1.165) is 25.0 Å². The molecule has 0 spiro atoms. The van der Waals surface area contributed by atoms with Gasteiger partial charge in [-0.15, -0.1) is 0 Å². The number of aromatic amines is 1. The second-order valence-corrected chi connectivity index (χ2v) is 6.98. The number of fused-ring (bicyclic) bond motifs is 1. The Morgan fingerprint density at radius 3 is 2.61 bits per heavy atom. The molecule has 3 heterocycles. The molecule has 2 atom stereocenters. The highest BCUT2D eigenvalue weighted by Crippen LogP contribution is 2.34. The quantitative estimate of drug-likeness (QED) is 0.734. The van der Waals surface area contributed by atoms with Gasteiger partial charge in [-0.05, 0) is 44.4 Å². The van der Waals surface area contributed by atoms with Crippen molar-refractivity contribution in [1.29, 1.82) is 0 Å². The zero-order valence-electron chi connectivity index (χ0n) is 15.4. The Labute approximate surface area is 158 Å². The molecule has 148 valence electrons. The predicted octanol–water partition coefficient (Wildman–Crippen LogP) is 3.91. The average molecular weight is 392 g/mol. The summed E-state index contributed by atoms with van der Waals surface area (Å²) in [6, 6.07) is 4.53. The van der Waals surface area contributed by atoms with E-state index in [9.17, 15) is 18.0 Å². The van der Waals surface area contributed by atoms with E-state index in [2.05, 4.69) is 15.1 Å². The Morgan fingerprint density at radius 1 is 1.29 bits per heavy atom. The minimum atomic E-state index is -4.39. The predicted molar refractivity (Wildman–Crippen MR) is 96.1 cm³/mol. The van der Waals surface area contributed by atoms with Gasteiger partial charge in [0.05, 0.1) is 11.6 Å². The van der Waals surface area contributed by atoms with E-state index in [4.69, 9.17) is 4.74 Å². The number of nitrogens with one attached hydrogen (secondary N) is 1. The SMILES string of the molecule is Cc1nc2c(c([C@@H]3CCCO3)nn2[C@@H](C)c2ccc(C(F)(F)F)cc2)c(=O)[nH]1. The van der Waals surface area contributed by atoms with E-state index in [1.807, 2.05) is 6.92 Å². The third-order valence-electron chi connectivity index (χ3n) is 5.03. The van der Waals surface area contributed by atoms with Crippen molar-refractivity contribution in [2.45, 2.75) is 45.0 Å². The average Bonchev–Trinajstić information content (AvgIpc) is 3.28. The summed E-state index contributed by atoms with van der Waals surface area (Å²) < 4.78 is 45.8. The molecule has 1 fully saturated rings. The number of aromatic nitrogens is 4. The summed E-state index contributed by atoms with van der Waals surface area (Å²) in [6.45, 7) is 4.09. The van der Waals surface area contributed by atoms with Gasteiger partial charge in [-0.1, -0.05) is 12.1 Å². The van der Waals surface area contributed by atoms with Crippen molar-refractivity contribution in [3.63, 3.8) is 0 Å². The van der Waals surface area contributed by atoms with Crippen LogP contribution in [0.15, 0.2) is 29.1 Å². The summed E-state index contributed by atoms with van der Waals surface area (Å²) in [7, 11) is 0. The van der Waals surface area contributed by atoms with Gasteiger partial charge in [0.1, 0.15) is 23.0 Å². The number of H-pyrrole nitrogens is 1. The van der Waals surface area contributed by atoms with E-state index in [1.54, 1.807) is 11.6 Å². The third kappa shape index (κ3) is 3.19. The first kappa shape index (κ1) is 18.7. The minimum Gasteiger partial charge on any atom is -0.372 e.